The summed E-state index contributed by atoms with van der Waals surface area (Å²) in [6, 6.07) is 3.89. The summed E-state index contributed by atoms with van der Waals surface area (Å²) in [5.74, 6) is 0. The molecule has 0 radical (unpaired) electrons. The molecule has 36 heavy (non-hydrogen) atoms. The highest BCUT2D eigenvalue weighted by molar-refractivity contribution is 5.82. The van der Waals surface area contributed by atoms with Crippen molar-refractivity contribution in [2.75, 3.05) is 26.3 Å². The van der Waals surface area contributed by atoms with Crippen LogP contribution in [-0.4, -0.2) is 46.9 Å². The van der Waals surface area contributed by atoms with Crippen LogP contribution in [0.5, 0.6) is 0 Å². The first-order chi connectivity index (χ1) is 17.2. The van der Waals surface area contributed by atoms with E-state index < -0.39 is 11.7 Å². The fourth-order valence-corrected chi connectivity index (χ4v) is 4.79. The molecule has 4 heterocycles. The second-order valence-corrected chi connectivity index (χ2v) is 9.75. The number of ether oxygens (including phenoxy) is 1. The number of piperidine rings is 1. The van der Waals surface area contributed by atoms with Gasteiger partial charge in [-0.1, -0.05) is 38.5 Å². The minimum Gasteiger partial charge on any atom is -0.381 e. The Labute approximate surface area is 213 Å². The lowest BCUT2D eigenvalue weighted by atomic mass is 9.78. The fourth-order valence-electron chi connectivity index (χ4n) is 4.79. The molecule has 7 heteroatoms. The van der Waals surface area contributed by atoms with E-state index in [9.17, 15) is 13.2 Å². The summed E-state index contributed by atoms with van der Waals surface area (Å²) in [6.45, 7) is 13.7. The van der Waals surface area contributed by atoms with Crippen LogP contribution in [0.25, 0.3) is 16.7 Å². The Bertz CT molecular complexity index is 1090. The molecular formula is C29H40F3N3O. The SMILES string of the molecule is CC.CC/C(C)=C/C=C\C(=C(/C)C(F)(F)F)n1ccc2cc(CN3CCC4(CCOC4)CC3)cnc21. The van der Waals surface area contributed by atoms with Crippen LogP contribution >= 0.6 is 0 Å². The molecule has 0 aliphatic carbocycles. The van der Waals surface area contributed by atoms with Crippen LogP contribution in [0.15, 0.2) is 53.9 Å². The monoisotopic (exact) mass is 503 g/mol. The van der Waals surface area contributed by atoms with Crippen molar-refractivity contribution >= 4 is 16.7 Å². The quantitative estimate of drug-likeness (QED) is 0.377. The van der Waals surface area contributed by atoms with Gasteiger partial charge in [0.2, 0.25) is 0 Å². The van der Waals surface area contributed by atoms with Crippen LogP contribution in [0, 0.1) is 5.41 Å². The number of fused-ring (bicyclic) bond motifs is 1. The smallest absolute Gasteiger partial charge is 0.381 e. The molecular weight excluding hydrogens is 463 g/mol. The summed E-state index contributed by atoms with van der Waals surface area (Å²) in [5, 5.41) is 0.844. The molecule has 0 atom stereocenters. The second kappa shape index (κ2) is 12.2. The van der Waals surface area contributed by atoms with Gasteiger partial charge in [0, 0.05) is 30.9 Å². The van der Waals surface area contributed by atoms with Gasteiger partial charge < -0.3 is 9.30 Å². The summed E-state index contributed by atoms with van der Waals surface area (Å²) in [7, 11) is 0. The van der Waals surface area contributed by atoms with Gasteiger partial charge in [-0.2, -0.15) is 13.2 Å². The van der Waals surface area contributed by atoms with Gasteiger partial charge in [-0.15, -0.1) is 0 Å². The summed E-state index contributed by atoms with van der Waals surface area (Å²) >= 11 is 0. The average Bonchev–Trinajstić information content (AvgIpc) is 3.50. The standard InChI is InChI=1S/C27H34F3N3O.C2H6/c1-4-20(2)6-5-7-24(21(3)27(28,29)30)33-12-8-23-16-22(17-31-25(23)33)18-32-13-9-26(10-14-32)11-15-34-19-26;1-2/h5-8,12,16-17H,4,9-11,13-15,18-19H2,1-3H3;1-2H3/b7-5-,20-6+,24-21-;. The molecule has 4 rings (SSSR count). The van der Waals surface area contributed by atoms with Gasteiger partial charge in [-0.25, -0.2) is 4.98 Å². The molecule has 4 nitrogen and oxygen atoms in total. The van der Waals surface area contributed by atoms with Crippen molar-refractivity contribution in [3.63, 3.8) is 0 Å². The zero-order valence-corrected chi connectivity index (χ0v) is 22.3. The third-order valence-electron chi connectivity index (χ3n) is 7.35. The van der Waals surface area contributed by atoms with Crippen LogP contribution in [-0.2, 0) is 11.3 Å². The molecule has 2 aromatic rings. The minimum absolute atomic E-state index is 0.0861. The molecule has 1 spiro atoms. The third-order valence-corrected chi connectivity index (χ3v) is 7.35. The number of nitrogens with zero attached hydrogens (tertiary/aromatic N) is 3. The Morgan fingerprint density at radius 1 is 1.17 bits per heavy atom. The molecule has 0 unspecified atom stereocenters. The van der Waals surface area contributed by atoms with Gasteiger partial charge >= 0.3 is 6.18 Å². The van der Waals surface area contributed by atoms with Crippen LogP contribution in [0.1, 0.15) is 65.9 Å². The van der Waals surface area contributed by atoms with Gasteiger partial charge in [-0.05, 0) is 81.8 Å². The van der Waals surface area contributed by atoms with E-state index in [1.807, 2.05) is 45.9 Å². The predicted octanol–water partition coefficient (Wildman–Crippen LogP) is 7.77. The van der Waals surface area contributed by atoms with Gasteiger partial charge in [0.1, 0.15) is 5.65 Å². The summed E-state index contributed by atoms with van der Waals surface area (Å²) in [5.41, 5.74) is 2.52. The maximum absolute atomic E-state index is 13.6. The van der Waals surface area contributed by atoms with Crippen LogP contribution < -0.4 is 0 Å². The minimum atomic E-state index is -4.42. The van der Waals surface area contributed by atoms with Crippen LogP contribution in [0.3, 0.4) is 0 Å². The van der Waals surface area contributed by atoms with Crippen molar-refractivity contribution in [3.05, 3.63) is 59.5 Å². The Balaban J connectivity index is 0.00000176. The highest BCUT2D eigenvalue weighted by Crippen LogP contribution is 2.39. The van der Waals surface area contributed by atoms with E-state index in [2.05, 4.69) is 9.88 Å². The molecule has 0 amide bonds. The zero-order chi connectivity index (χ0) is 26.3. The van der Waals surface area contributed by atoms with E-state index in [1.165, 1.54) is 10.6 Å². The van der Waals surface area contributed by atoms with E-state index in [0.29, 0.717) is 11.1 Å². The maximum atomic E-state index is 13.6. The molecule has 0 saturated carbocycles. The lowest BCUT2D eigenvalue weighted by molar-refractivity contribution is -0.0908. The van der Waals surface area contributed by atoms with E-state index >= 15 is 0 Å². The highest BCUT2D eigenvalue weighted by atomic mass is 19.4. The molecule has 2 aromatic heterocycles. The first kappa shape index (κ1) is 28.2. The van der Waals surface area contributed by atoms with Crippen molar-refractivity contribution in [2.45, 2.75) is 73.0 Å². The molecule has 2 fully saturated rings. The van der Waals surface area contributed by atoms with Crippen molar-refractivity contribution in [3.8, 4) is 0 Å². The zero-order valence-electron chi connectivity index (χ0n) is 22.3. The predicted molar refractivity (Wildman–Crippen MR) is 142 cm³/mol. The highest BCUT2D eigenvalue weighted by Gasteiger charge is 2.38. The average molecular weight is 504 g/mol. The Morgan fingerprint density at radius 3 is 2.50 bits per heavy atom. The number of likely N-dealkylation sites (tertiary alicyclic amines) is 1. The molecule has 0 bridgehead atoms. The Kier molecular flexibility index (Phi) is 9.59. The number of hydrogen-bond donors (Lipinski definition) is 0. The van der Waals surface area contributed by atoms with E-state index in [-0.39, 0.29) is 5.70 Å². The first-order valence-corrected chi connectivity index (χ1v) is 13.1. The summed E-state index contributed by atoms with van der Waals surface area (Å²) in [4.78, 5) is 7.03. The molecule has 2 saturated heterocycles. The van der Waals surface area contributed by atoms with Crippen molar-refractivity contribution in [1.29, 1.82) is 0 Å². The van der Waals surface area contributed by atoms with E-state index in [0.717, 1.165) is 82.0 Å². The normalized spacial score (nSPS) is 19.6. The second-order valence-electron chi connectivity index (χ2n) is 9.75. The number of alkyl halides is 3. The largest absolute Gasteiger partial charge is 0.414 e. The van der Waals surface area contributed by atoms with E-state index in [4.69, 9.17) is 4.74 Å². The number of pyridine rings is 1. The molecule has 2 aliphatic rings. The number of hydrogen-bond acceptors (Lipinski definition) is 3. The summed E-state index contributed by atoms with van der Waals surface area (Å²) in [6.07, 6.45) is 8.43. The van der Waals surface area contributed by atoms with Gasteiger partial charge in [0.05, 0.1) is 17.9 Å². The molecule has 0 aromatic carbocycles. The van der Waals surface area contributed by atoms with Gasteiger partial charge in [0.25, 0.3) is 0 Å². The maximum Gasteiger partial charge on any atom is 0.414 e. The molecule has 2 aliphatic heterocycles. The Hall–Kier alpha value is -2.38. The van der Waals surface area contributed by atoms with Crippen molar-refractivity contribution in [1.82, 2.24) is 14.5 Å². The Morgan fingerprint density at radius 2 is 1.89 bits per heavy atom. The third kappa shape index (κ3) is 6.68. The topological polar surface area (TPSA) is 30.3 Å². The number of aromatic nitrogens is 2. The number of rotatable bonds is 6. The molecule has 198 valence electrons. The van der Waals surface area contributed by atoms with Crippen LogP contribution in [0.2, 0.25) is 0 Å². The van der Waals surface area contributed by atoms with Gasteiger partial charge in [0.15, 0.2) is 0 Å². The lowest BCUT2D eigenvalue weighted by Gasteiger charge is -2.38. The van der Waals surface area contributed by atoms with Gasteiger partial charge in [-0.3, -0.25) is 4.90 Å². The van der Waals surface area contributed by atoms with Crippen molar-refractivity contribution in [2.24, 2.45) is 5.41 Å². The molecule has 0 N–H and O–H groups in total. The lowest BCUT2D eigenvalue weighted by Crippen LogP contribution is -2.40. The number of allylic oxidation sites excluding steroid dienone is 6. The first-order valence-electron chi connectivity index (χ1n) is 13.1. The fraction of sp³-hybridized carbons (Fsp3) is 0.552. The number of halogens is 3. The van der Waals surface area contributed by atoms with E-state index in [1.54, 1.807) is 18.5 Å². The van der Waals surface area contributed by atoms with Crippen LogP contribution in [0.4, 0.5) is 13.2 Å². The summed E-state index contributed by atoms with van der Waals surface area (Å²) < 4.78 is 48.0. The van der Waals surface area contributed by atoms with Crippen molar-refractivity contribution < 1.29 is 17.9 Å².